The Morgan fingerprint density at radius 2 is 1.63 bits per heavy atom. The smallest absolute Gasteiger partial charge is 0.313 e. The quantitative estimate of drug-likeness (QED) is 0.656. The highest BCUT2D eigenvalue weighted by Crippen LogP contribution is 2.40. The number of unbranched alkanes of at least 4 members (excludes halogenated alkanes) is 1. The average Bonchev–Trinajstić information content (AvgIpc) is 2.67. The molecule has 2 N–H and O–H groups in total. The molecular weight excluding hydrogens is 336 g/mol. The first-order valence-corrected chi connectivity index (χ1v) is 10.6. The zero-order valence-electron chi connectivity index (χ0n) is 17.4. The standard InChI is InChI=1S/C23H36N2O2/c1-5-7-8-17-9-13-19(14-10-17)24-21(26)22(27)25-20-15-11-18(12-16-20)23(3,4)6-2/h9-10,13-14,18,20H,5-8,11-12,15-16H2,1-4H3,(H,24,26)(H,25,27). The second-order valence-corrected chi connectivity index (χ2v) is 8.62. The van der Waals surface area contributed by atoms with E-state index in [2.05, 4.69) is 38.3 Å². The Morgan fingerprint density at radius 1 is 1.00 bits per heavy atom. The van der Waals surface area contributed by atoms with Crippen LogP contribution in [0.15, 0.2) is 24.3 Å². The zero-order valence-corrected chi connectivity index (χ0v) is 17.4. The molecule has 0 spiro atoms. The van der Waals surface area contributed by atoms with Crippen LogP contribution in [0.3, 0.4) is 0 Å². The predicted octanol–water partition coefficient (Wildman–Crippen LogP) is 5.08. The highest BCUT2D eigenvalue weighted by Gasteiger charge is 2.32. The Morgan fingerprint density at radius 3 is 2.19 bits per heavy atom. The molecule has 0 heterocycles. The van der Waals surface area contributed by atoms with Gasteiger partial charge in [0, 0.05) is 11.7 Å². The Balaban J connectivity index is 1.78. The van der Waals surface area contributed by atoms with Gasteiger partial charge in [0.1, 0.15) is 0 Å². The van der Waals surface area contributed by atoms with Gasteiger partial charge in [-0.25, -0.2) is 0 Å². The lowest BCUT2D eigenvalue weighted by Crippen LogP contribution is -2.44. The Kier molecular flexibility index (Phi) is 7.88. The van der Waals surface area contributed by atoms with Crippen LogP contribution < -0.4 is 10.6 Å². The van der Waals surface area contributed by atoms with Crippen LogP contribution in [0.1, 0.15) is 78.2 Å². The maximum atomic E-state index is 12.2. The Labute approximate surface area is 164 Å². The van der Waals surface area contributed by atoms with E-state index in [1.54, 1.807) is 0 Å². The maximum absolute atomic E-state index is 12.2. The lowest BCUT2D eigenvalue weighted by molar-refractivity contribution is -0.136. The SMILES string of the molecule is CCCCc1ccc(NC(=O)C(=O)NC2CCC(C(C)(C)CC)CC2)cc1. The van der Waals surface area contributed by atoms with Crippen LogP contribution in [0.25, 0.3) is 0 Å². The van der Waals surface area contributed by atoms with Crippen LogP contribution in [0.5, 0.6) is 0 Å². The van der Waals surface area contributed by atoms with E-state index < -0.39 is 11.8 Å². The van der Waals surface area contributed by atoms with Gasteiger partial charge in [-0.15, -0.1) is 0 Å². The topological polar surface area (TPSA) is 58.2 Å². The number of carbonyl (C=O) groups is 2. The van der Waals surface area contributed by atoms with Gasteiger partial charge in [-0.1, -0.05) is 52.7 Å². The molecule has 0 aliphatic heterocycles. The molecule has 1 aliphatic rings. The van der Waals surface area contributed by atoms with E-state index in [1.165, 1.54) is 12.0 Å². The number of rotatable bonds is 7. The third-order valence-corrected chi connectivity index (χ3v) is 6.32. The van der Waals surface area contributed by atoms with Gasteiger partial charge in [-0.2, -0.15) is 0 Å². The number of aryl methyl sites for hydroxylation is 1. The van der Waals surface area contributed by atoms with Gasteiger partial charge in [-0.3, -0.25) is 9.59 Å². The summed E-state index contributed by atoms with van der Waals surface area (Å²) in [7, 11) is 0. The van der Waals surface area contributed by atoms with Gasteiger partial charge in [-0.05, 0) is 67.6 Å². The molecule has 4 heteroatoms. The number of amides is 2. The first-order valence-electron chi connectivity index (χ1n) is 10.6. The summed E-state index contributed by atoms with van der Waals surface area (Å²) in [6.45, 7) is 9.08. The van der Waals surface area contributed by atoms with Crippen molar-refractivity contribution in [3.63, 3.8) is 0 Å². The number of hydrogen-bond donors (Lipinski definition) is 2. The van der Waals surface area contributed by atoms with Crippen molar-refractivity contribution in [2.75, 3.05) is 5.32 Å². The highest BCUT2D eigenvalue weighted by molar-refractivity contribution is 6.39. The number of carbonyl (C=O) groups excluding carboxylic acids is 2. The van der Waals surface area contributed by atoms with Crippen LogP contribution in [0, 0.1) is 11.3 Å². The Hall–Kier alpha value is -1.84. The van der Waals surface area contributed by atoms with Crippen LogP contribution in [0.2, 0.25) is 0 Å². The molecule has 1 saturated carbocycles. The molecule has 0 unspecified atom stereocenters. The van der Waals surface area contributed by atoms with Crippen molar-refractivity contribution in [1.82, 2.24) is 5.32 Å². The van der Waals surface area contributed by atoms with E-state index in [0.29, 0.717) is 17.0 Å². The van der Waals surface area contributed by atoms with Crippen LogP contribution in [0.4, 0.5) is 5.69 Å². The first-order chi connectivity index (χ1) is 12.9. The fourth-order valence-corrected chi connectivity index (χ4v) is 3.88. The minimum absolute atomic E-state index is 0.114. The largest absolute Gasteiger partial charge is 0.345 e. The van der Waals surface area contributed by atoms with Crippen LogP contribution in [-0.2, 0) is 16.0 Å². The van der Waals surface area contributed by atoms with Gasteiger partial charge in [0.2, 0.25) is 0 Å². The summed E-state index contributed by atoms with van der Waals surface area (Å²) in [5, 5.41) is 5.62. The van der Waals surface area contributed by atoms with Gasteiger partial charge in [0.25, 0.3) is 0 Å². The number of nitrogens with one attached hydrogen (secondary N) is 2. The van der Waals surface area contributed by atoms with E-state index in [1.807, 2.05) is 24.3 Å². The van der Waals surface area contributed by atoms with Crippen molar-refractivity contribution in [3.05, 3.63) is 29.8 Å². The summed E-state index contributed by atoms with van der Waals surface area (Å²) in [6.07, 6.45) is 8.69. The fourth-order valence-electron chi connectivity index (χ4n) is 3.88. The number of benzene rings is 1. The summed E-state index contributed by atoms with van der Waals surface area (Å²) >= 11 is 0. The monoisotopic (exact) mass is 372 g/mol. The molecule has 1 aliphatic carbocycles. The molecule has 1 aromatic carbocycles. The van der Waals surface area contributed by atoms with E-state index in [0.717, 1.165) is 44.9 Å². The van der Waals surface area contributed by atoms with E-state index >= 15 is 0 Å². The van der Waals surface area contributed by atoms with Crippen molar-refractivity contribution >= 4 is 17.5 Å². The minimum atomic E-state index is -0.577. The Bertz CT molecular complexity index is 614. The van der Waals surface area contributed by atoms with E-state index in [4.69, 9.17) is 0 Å². The summed E-state index contributed by atoms with van der Waals surface area (Å²) in [4.78, 5) is 24.4. The van der Waals surface area contributed by atoms with Crippen molar-refractivity contribution in [2.24, 2.45) is 11.3 Å². The summed E-state index contributed by atoms with van der Waals surface area (Å²) in [6, 6.07) is 7.88. The average molecular weight is 373 g/mol. The highest BCUT2D eigenvalue weighted by atomic mass is 16.2. The molecule has 0 atom stereocenters. The maximum Gasteiger partial charge on any atom is 0.313 e. The predicted molar refractivity (Wildman–Crippen MR) is 112 cm³/mol. The van der Waals surface area contributed by atoms with Crippen molar-refractivity contribution in [3.8, 4) is 0 Å². The molecule has 0 saturated heterocycles. The van der Waals surface area contributed by atoms with Gasteiger partial charge in [0.05, 0.1) is 0 Å². The molecule has 4 nitrogen and oxygen atoms in total. The second kappa shape index (κ2) is 9.91. The molecule has 150 valence electrons. The third kappa shape index (κ3) is 6.37. The van der Waals surface area contributed by atoms with Gasteiger partial charge >= 0.3 is 11.8 Å². The molecule has 0 bridgehead atoms. The van der Waals surface area contributed by atoms with E-state index in [9.17, 15) is 9.59 Å². The molecule has 27 heavy (non-hydrogen) atoms. The van der Waals surface area contributed by atoms with Crippen molar-refractivity contribution in [1.29, 1.82) is 0 Å². The number of hydrogen-bond acceptors (Lipinski definition) is 2. The summed E-state index contributed by atoms with van der Waals surface area (Å²) < 4.78 is 0. The normalized spacial score (nSPS) is 20.1. The van der Waals surface area contributed by atoms with Crippen LogP contribution in [-0.4, -0.2) is 17.9 Å². The van der Waals surface area contributed by atoms with E-state index in [-0.39, 0.29) is 6.04 Å². The molecule has 2 rings (SSSR count). The molecule has 2 amide bonds. The lowest BCUT2D eigenvalue weighted by Gasteiger charge is -2.39. The summed E-state index contributed by atoms with van der Waals surface area (Å²) in [5.41, 5.74) is 2.28. The zero-order chi connectivity index (χ0) is 19.9. The molecule has 0 aromatic heterocycles. The third-order valence-electron chi connectivity index (χ3n) is 6.32. The fraction of sp³-hybridized carbons (Fsp3) is 0.652. The summed E-state index contributed by atoms with van der Waals surface area (Å²) in [5.74, 6) is -0.397. The molecule has 1 fully saturated rings. The molecular formula is C23H36N2O2. The van der Waals surface area contributed by atoms with Crippen molar-refractivity contribution < 1.29 is 9.59 Å². The van der Waals surface area contributed by atoms with Crippen LogP contribution >= 0.6 is 0 Å². The van der Waals surface area contributed by atoms with Gasteiger partial charge < -0.3 is 10.6 Å². The first kappa shape index (κ1) is 21.5. The number of anilines is 1. The van der Waals surface area contributed by atoms with Crippen molar-refractivity contribution in [2.45, 2.75) is 85.1 Å². The molecule has 0 radical (unpaired) electrons. The second-order valence-electron chi connectivity index (χ2n) is 8.62. The lowest BCUT2D eigenvalue weighted by atomic mass is 9.69. The minimum Gasteiger partial charge on any atom is -0.345 e. The molecule has 1 aromatic rings. The van der Waals surface area contributed by atoms with Gasteiger partial charge in [0.15, 0.2) is 0 Å².